The van der Waals surface area contributed by atoms with Crippen molar-refractivity contribution in [2.75, 3.05) is 4.90 Å². The molecule has 0 bridgehead atoms. The van der Waals surface area contributed by atoms with E-state index < -0.39 is 0 Å². The predicted molar refractivity (Wildman–Crippen MR) is 233 cm³/mol. The molecule has 0 fully saturated rings. The zero-order valence-electron chi connectivity index (χ0n) is 29.7. The van der Waals surface area contributed by atoms with Crippen molar-refractivity contribution >= 4 is 82.1 Å². The molecule has 0 saturated carbocycles. The fourth-order valence-electron chi connectivity index (χ4n) is 7.95. The van der Waals surface area contributed by atoms with Crippen molar-refractivity contribution in [1.29, 1.82) is 0 Å². The number of fused-ring (bicyclic) bond motifs is 8. The van der Waals surface area contributed by atoms with E-state index in [-0.39, 0.29) is 0 Å². The van der Waals surface area contributed by atoms with Gasteiger partial charge in [0.15, 0.2) is 0 Å². The number of benzene rings is 9. The molecule has 3 nitrogen and oxygen atoms in total. The second-order valence-electron chi connectivity index (χ2n) is 14.0. The Hall–Kier alpha value is -7.01. The molecule has 0 amide bonds. The highest BCUT2D eigenvalue weighted by Crippen LogP contribution is 2.42. The van der Waals surface area contributed by atoms with Crippen molar-refractivity contribution in [3.63, 3.8) is 0 Å². The first kappa shape index (κ1) is 31.5. The van der Waals surface area contributed by atoms with Crippen LogP contribution in [-0.4, -0.2) is 4.98 Å². The lowest BCUT2D eigenvalue weighted by Crippen LogP contribution is -2.09. The maximum Gasteiger partial charge on any atom is 0.135 e. The van der Waals surface area contributed by atoms with Crippen LogP contribution in [0.25, 0.3) is 86.5 Å². The maximum absolute atomic E-state index is 6.20. The molecule has 258 valence electrons. The monoisotopic (exact) mass is 720 g/mol. The fraction of sp³-hybridized carbons (Fsp3) is 0. The highest BCUT2D eigenvalue weighted by Gasteiger charge is 2.17. The van der Waals surface area contributed by atoms with Crippen LogP contribution in [0.2, 0.25) is 0 Å². The third kappa shape index (κ3) is 5.46. The molecule has 0 aliphatic heterocycles. The van der Waals surface area contributed by atoms with E-state index in [1.54, 1.807) is 11.3 Å². The van der Waals surface area contributed by atoms with Gasteiger partial charge in [0.25, 0.3) is 0 Å². The second kappa shape index (κ2) is 12.8. The number of anilines is 3. The molecule has 4 heteroatoms. The minimum absolute atomic E-state index is 0.886. The van der Waals surface area contributed by atoms with Crippen LogP contribution in [0.5, 0.6) is 0 Å². The summed E-state index contributed by atoms with van der Waals surface area (Å²) in [6.45, 7) is 0. The van der Waals surface area contributed by atoms with Gasteiger partial charge in [-0.2, -0.15) is 0 Å². The summed E-state index contributed by atoms with van der Waals surface area (Å²) in [5, 5.41) is 8.25. The van der Waals surface area contributed by atoms with Gasteiger partial charge in [-0.3, -0.25) is 0 Å². The molecule has 2 aromatic heterocycles. The predicted octanol–water partition coefficient (Wildman–Crippen LogP) is 15.0. The van der Waals surface area contributed by atoms with Gasteiger partial charge in [-0.15, -0.1) is 11.3 Å². The van der Waals surface area contributed by atoms with Crippen LogP contribution in [-0.2, 0) is 0 Å². The van der Waals surface area contributed by atoms with Crippen LogP contribution in [0.3, 0.4) is 0 Å². The van der Waals surface area contributed by atoms with E-state index in [0.29, 0.717) is 0 Å². The van der Waals surface area contributed by atoms with Crippen LogP contribution in [0.1, 0.15) is 0 Å². The summed E-state index contributed by atoms with van der Waals surface area (Å²) >= 11 is 1.78. The molecular formula is C51H32N2OS. The molecule has 0 spiro atoms. The Kier molecular flexibility index (Phi) is 7.35. The summed E-state index contributed by atoms with van der Waals surface area (Å²) in [5.41, 5.74) is 12.0. The Morgan fingerprint density at radius 2 is 0.982 bits per heavy atom. The fourth-order valence-corrected chi connectivity index (χ4v) is 9.09. The van der Waals surface area contributed by atoms with Crippen molar-refractivity contribution in [3.05, 3.63) is 194 Å². The molecule has 9 aromatic carbocycles. The number of aromatic nitrogens is 1. The number of para-hydroxylation sites is 1. The Bertz CT molecular complexity index is 3180. The van der Waals surface area contributed by atoms with E-state index in [1.807, 2.05) is 12.1 Å². The number of nitrogens with zero attached hydrogens (tertiary/aromatic N) is 2. The van der Waals surface area contributed by atoms with Gasteiger partial charge in [0.05, 0.1) is 10.2 Å². The summed E-state index contributed by atoms with van der Waals surface area (Å²) in [7, 11) is 0. The Morgan fingerprint density at radius 1 is 0.400 bits per heavy atom. The van der Waals surface area contributed by atoms with Gasteiger partial charge in [-0.1, -0.05) is 133 Å². The lowest BCUT2D eigenvalue weighted by molar-refractivity contribution is 0.669. The van der Waals surface area contributed by atoms with E-state index >= 15 is 0 Å². The first-order chi connectivity index (χ1) is 27.2. The Balaban J connectivity index is 0.988. The number of furan rings is 1. The molecule has 0 atom stereocenters. The molecule has 0 saturated heterocycles. The van der Waals surface area contributed by atoms with Crippen LogP contribution in [0.4, 0.5) is 17.1 Å². The minimum Gasteiger partial charge on any atom is -0.456 e. The third-order valence-corrected chi connectivity index (χ3v) is 11.8. The molecule has 11 rings (SSSR count). The van der Waals surface area contributed by atoms with E-state index in [0.717, 1.165) is 55.1 Å². The summed E-state index contributed by atoms with van der Waals surface area (Å²) in [6.07, 6.45) is 0. The molecule has 0 aliphatic carbocycles. The summed E-state index contributed by atoms with van der Waals surface area (Å²) in [6, 6.07) is 69.2. The number of rotatable bonds is 6. The smallest absolute Gasteiger partial charge is 0.135 e. The minimum atomic E-state index is 0.886. The zero-order chi connectivity index (χ0) is 36.3. The van der Waals surface area contributed by atoms with Crippen LogP contribution < -0.4 is 4.90 Å². The van der Waals surface area contributed by atoms with Crippen molar-refractivity contribution in [3.8, 4) is 32.8 Å². The lowest BCUT2D eigenvalue weighted by atomic mass is 9.97. The van der Waals surface area contributed by atoms with E-state index in [1.165, 1.54) is 48.5 Å². The van der Waals surface area contributed by atoms with Gasteiger partial charge in [0, 0.05) is 38.8 Å². The number of hydrogen-bond donors (Lipinski definition) is 0. The quantitative estimate of drug-likeness (QED) is 0.160. The van der Waals surface area contributed by atoms with Gasteiger partial charge in [0.2, 0.25) is 0 Å². The van der Waals surface area contributed by atoms with Crippen molar-refractivity contribution < 1.29 is 4.42 Å². The topological polar surface area (TPSA) is 29.3 Å². The van der Waals surface area contributed by atoms with Crippen LogP contribution >= 0.6 is 11.3 Å². The molecule has 55 heavy (non-hydrogen) atoms. The summed E-state index contributed by atoms with van der Waals surface area (Å²) in [5.74, 6) is 0. The number of hydrogen-bond acceptors (Lipinski definition) is 4. The molecule has 2 heterocycles. The van der Waals surface area contributed by atoms with Crippen LogP contribution in [0.15, 0.2) is 199 Å². The summed E-state index contributed by atoms with van der Waals surface area (Å²) in [4.78, 5) is 7.35. The SMILES string of the molecule is c1ccc(-c2ccc(N(c3ccc(-c4ccc5c(ccc6ccc7nc(-c8ccccc8)sc7c65)c4)cc3)c3ccc4oc5ccccc5c4c3)cc2)cc1. The van der Waals surface area contributed by atoms with Crippen LogP contribution in [0, 0.1) is 0 Å². The van der Waals surface area contributed by atoms with Crippen molar-refractivity contribution in [2.45, 2.75) is 0 Å². The molecule has 11 aromatic rings. The highest BCUT2D eigenvalue weighted by molar-refractivity contribution is 7.22. The standard InChI is InChI=1S/C51H32N2OS/c1-3-9-33(10-4-1)34-17-23-40(24-18-34)53(42-27-30-48-45(32-42)44-13-7-8-14-47(44)54-48)41-25-19-35(20-26-41)38-21-28-43-39(31-38)16-15-36-22-29-46-50(49(36)43)55-51(52-46)37-11-5-2-6-12-37/h1-32H. The molecule has 0 radical (unpaired) electrons. The largest absolute Gasteiger partial charge is 0.456 e. The molecule has 0 unspecified atom stereocenters. The van der Waals surface area contributed by atoms with Gasteiger partial charge in [-0.05, 0) is 99.1 Å². The normalized spacial score (nSPS) is 11.6. The average molecular weight is 721 g/mol. The first-order valence-electron chi connectivity index (χ1n) is 18.5. The average Bonchev–Trinajstić information content (AvgIpc) is 3.87. The number of thiazole rings is 1. The van der Waals surface area contributed by atoms with Gasteiger partial charge in [-0.25, -0.2) is 4.98 Å². The Labute approximate surface area is 322 Å². The second-order valence-corrected chi connectivity index (χ2v) is 15.0. The molecular weight excluding hydrogens is 689 g/mol. The first-order valence-corrected chi connectivity index (χ1v) is 19.3. The van der Waals surface area contributed by atoms with E-state index in [2.05, 4.69) is 187 Å². The van der Waals surface area contributed by atoms with Gasteiger partial charge < -0.3 is 9.32 Å². The third-order valence-electron chi connectivity index (χ3n) is 10.7. The zero-order valence-corrected chi connectivity index (χ0v) is 30.5. The van der Waals surface area contributed by atoms with Crippen molar-refractivity contribution in [2.24, 2.45) is 0 Å². The van der Waals surface area contributed by atoms with Gasteiger partial charge in [0.1, 0.15) is 16.2 Å². The maximum atomic E-state index is 6.20. The lowest BCUT2D eigenvalue weighted by Gasteiger charge is -2.26. The summed E-state index contributed by atoms with van der Waals surface area (Å²) < 4.78 is 7.44. The van der Waals surface area contributed by atoms with E-state index in [4.69, 9.17) is 9.40 Å². The highest BCUT2D eigenvalue weighted by atomic mass is 32.1. The van der Waals surface area contributed by atoms with Gasteiger partial charge >= 0.3 is 0 Å². The Morgan fingerprint density at radius 3 is 1.75 bits per heavy atom. The molecule has 0 N–H and O–H groups in total. The van der Waals surface area contributed by atoms with Crippen molar-refractivity contribution in [1.82, 2.24) is 4.98 Å². The van der Waals surface area contributed by atoms with E-state index in [9.17, 15) is 0 Å². The molecule has 0 aliphatic rings.